The number of amides is 1. The quantitative estimate of drug-likeness (QED) is 0.630. The monoisotopic (exact) mass is 244 g/mol. The van der Waals surface area contributed by atoms with Crippen LogP contribution in [0.4, 0.5) is 5.69 Å². The fourth-order valence-electron chi connectivity index (χ4n) is 1.01. The fraction of sp³-hybridized carbons (Fsp3) is 0.300. The number of carbonyl (C=O) groups is 1. The summed E-state index contributed by atoms with van der Waals surface area (Å²) in [4.78, 5) is 11.9. The smallest absolute Gasteiger partial charge is 0.220 e. The minimum Gasteiger partial charge on any atom is -0.399 e. The Labute approximate surface area is 98.4 Å². The predicted molar refractivity (Wildman–Crippen MR) is 65.3 cm³/mol. The van der Waals surface area contributed by atoms with Gasteiger partial charge in [0, 0.05) is 29.8 Å². The lowest BCUT2D eigenvalue weighted by atomic mass is 10.3. The van der Waals surface area contributed by atoms with E-state index in [4.69, 9.17) is 17.3 Å². The molecule has 0 bridgehead atoms. The van der Waals surface area contributed by atoms with Crippen LogP contribution in [0.5, 0.6) is 0 Å². The number of carbonyl (C=O) groups excluding carboxylic acids is 1. The van der Waals surface area contributed by atoms with Crippen LogP contribution in [0.25, 0.3) is 0 Å². The standard InChI is InChI=1S/C10H13ClN2OS/c1-13-10(14)4-5-15-9-6-7(12)2-3-8(9)11/h2-3,6H,4-5,12H2,1H3,(H,13,14). The molecule has 0 saturated heterocycles. The van der Waals surface area contributed by atoms with E-state index in [2.05, 4.69) is 5.32 Å². The van der Waals surface area contributed by atoms with Gasteiger partial charge in [-0.2, -0.15) is 0 Å². The van der Waals surface area contributed by atoms with Gasteiger partial charge >= 0.3 is 0 Å². The zero-order valence-corrected chi connectivity index (χ0v) is 9.99. The average Bonchev–Trinajstić information content (AvgIpc) is 2.23. The molecular formula is C10H13ClN2OS. The highest BCUT2D eigenvalue weighted by Crippen LogP contribution is 2.29. The molecule has 5 heteroatoms. The first-order valence-electron chi connectivity index (χ1n) is 4.52. The van der Waals surface area contributed by atoms with Gasteiger partial charge in [0.05, 0.1) is 5.02 Å². The van der Waals surface area contributed by atoms with Crippen molar-refractivity contribution in [1.82, 2.24) is 5.32 Å². The van der Waals surface area contributed by atoms with Crippen molar-refractivity contribution in [3.8, 4) is 0 Å². The van der Waals surface area contributed by atoms with Gasteiger partial charge in [-0.3, -0.25) is 4.79 Å². The van der Waals surface area contributed by atoms with Crippen molar-refractivity contribution in [2.24, 2.45) is 0 Å². The minimum absolute atomic E-state index is 0.0301. The Bertz CT molecular complexity index is 357. The van der Waals surface area contributed by atoms with Crippen molar-refractivity contribution in [3.05, 3.63) is 23.2 Å². The molecule has 0 aliphatic rings. The second-order valence-electron chi connectivity index (χ2n) is 2.96. The van der Waals surface area contributed by atoms with Gasteiger partial charge in [-0.25, -0.2) is 0 Å². The Kier molecular flexibility index (Phi) is 4.78. The lowest BCUT2D eigenvalue weighted by Gasteiger charge is -2.04. The third-order valence-electron chi connectivity index (χ3n) is 1.82. The summed E-state index contributed by atoms with van der Waals surface area (Å²) >= 11 is 7.50. The second kappa shape index (κ2) is 5.88. The summed E-state index contributed by atoms with van der Waals surface area (Å²) in [5.74, 6) is 0.727. The van der Waals surface area contributed by atoms with Crippen molar-refractivity contribution < 1.29 is 4.79 Å². The molecule has 0 fully saturated rings. The average molecular weight is 245 g/mol. The van der Waals surface area contributed by atoms with Gasteiger partial charge < -0.3 is 11.1 Å². The van der Waals surface area contributed by atoms with Crippen LogP contribution in [0, 0.1) is 0 Å². The molecule has 0 aromatic heterocycles. The van der Waals surface area contributed by atoms with E-state index >= 15 is 0 Å². The van der Waals surface area contributed by atoms with Crippen LogP contribution in [0.3, 0.4) is 0 Å². The molecule has 1 aromatic carbocycles. The van der Waals surface area contributed by atoms with E-state index < -0.39 is 0 Å². The number of thioether (sulfide) groups is 1. The van der Waals surface area contributed by atoms with Crippen LogP contribution in [0.15, 0.2) is 23.1 Å². The van der Waals surface area contributed by atoms with Crippen molar-refractivity contribution >= 4 is 35.0 Å². The Balaban J connectivity index is 2.50. The van der Waals surface area contributed by atoms with Crippen LogP contribution < -0.4 is 11.1 Å². The molecule has 0 aliphatic heterocycles. The molecule has 15 heavy (non-hydrogen) atoms. The van der Waals surface area contributed by atoms with E-state index in [0.29, 0.717) is 22.9 Å². The molecule has 0 unspecified atom stereocenters. The molecule has 0 radical (unpaired) electrons. The first kappa shape index (κ1) is 12.2. The summed E-state index contributed by atoms with van der Waals surface area (Å²) in [5, 5.41) is 3.24. The number of rotatable bonds is 4. The molecule has 0 saturated carbocycles. The lowest BCUT2D eigenvalue weighted by molar-refractivity contribution is -0.120. The van der Waals surface area contributed by atoms with E-state index in [1.165, 1.54) is 11.8 Å². The third-order valence-corrected chi connectivity index (χ3v) is 3.32. The maximum atomic E-state index is 11.0. The second-order valence-corrected chi connectivity index (χ2v) is 4.51. The van der Waals surface area contributed by atoms with Crippen molar-refractivity contribution in [1.29, 1.82) is 0 Å². The molecular weight excluding hydrogens is 232 g/mol. The van der Waals surface area contributed by atoms with Gasteiger partial charge in [0.1, 0.15) is 0 Å². The normalized spacial score (nSPS) is 10.0. The van der Waals surface area contributed by atoms with Crippen molar-refractivity contribution in [3.63, 3.8) is 0 Å². The molecule has 0 atom stereocenters. The van der Waals surface area contributed by atoms with E-state index in [9.17, 15) is 4.79 Å². The molecule has 0 spiro atoms. The fourth-order valence-corrected chi connectivity index (χ4v) is 2.22. The summed E-state index contributed by atoms with van der Waals surface area (Å²) in [7, 11) is 1.63. The number of hydrogen-bond donors (Lipinski definition) is 2. The summed E-state index contributed by atoms with van der Waals surface area (Å²) in [5.41, 5.74) is 6.32. The van der Waals surface area contributed by atoms with Gasteiger partial charge in [-0.05, 0) is 18.2 Å². The maximum absolute atomic E-state index is 11.0. The number of benzene rings is 1. The molecule has 82 valence electrons. The summed E-state index contributed by atoms with van der Waals surface area (Å²) in [6.07, 6.45) is 0.478. The van der Waals surface area contributed by atoms with Crippen molar-refractivity contribution in [2.75, 3.05) is 18.5 Å². The van der Waals surface area contributed by atoms with Gasteiger partial charge in [0.25, 0.3) is 0 Å². The molecule has 3 N–H and O–H groups in total. The number of nitrogens with one attached hydrogen (secondary N) is 1. The SMILES string of the molecule is CNC(=O)CCSc1cc(N)ccc1Cl. The highest BCUT2D eigenvalue weighted by molar-refractivity contribution is 7.99. The number of nitrogens with two attached hydrogens (primary N) is 1. The van der Waals surface area contributed by atoms with Gasteiger partial charge in [0.2, 0.25) is 5.91 Å². The lowest BCUT2D eigenvalue weighted by Crippen LogP contribution is -2.17. The molecule has 0 aliphatic carbocycles. The zero-order valence-electron chi connectivity index (χ0n) is 8.42. The first-order chi connectivity index (χ1) is 7.13. The topological polar surface area (TPSA) is 55.1 Å². The molecule has 3 nitrogen and oxygen atoms in total. The van der Waals surface area contributed by atoms with Crippen LogP contribution in [-0.4, -0.2) is 18.7 Å². The zero-order chi connectivity index (χ0) is 11.3. The van der Waals surface area contributed by atoms with Crippen LogP contribution >= 0.6 is 23.4 Å². The maximum Gasteiger partial charge on any atom is 0.220 e. The van der Waals surface area contributed by atoms with Crippen LogP contribution in [-0.2, 0) is 4.79 Å². The number of anilines is 1. The minimum atomic E-state index is 0.0301. The molecule has 0 heterocycles. The first-order valence-corrected chi connectivity index (χ1v) is 5.88. The van der Waals surface area contributed by atoms with Crippen molar-refractivity contribution in [2.45, 2.75) is 11.3 Å². The van der Waals surface area contributed by atoms with E-state index in [0.717, 1.165) is 4.90 Å². The Morgan fingerprint density at radius 2 is 2.33 bits per heavy atom. The number of hydrogen-bond acceptors (Lipinski definition) is 3. The molecule has 1 aromatic rings. The highest BCUT2D eigenvalue weighted by Gasteiger charge is 2.03. The Hall–Kier alpha value is -0.870. The third kappa shape index (κ3) is 4.01. The van der Waals surface area contributed by atoms with E-state index in [-0.39, 0.29) is 5.91 Å². The molecule has 1 amide bonds. The predicted octanol–water partition coefficient (Wildman–Crippen LogP) is 2.15. The van der Waals surface area contributed by atoms with Gasteiger partial charge in [-0.15, -0.1) is 11.8 Å². The number of nitrogen functional groups attached to an aromatic ring is 1. The van der Waals surface area contributed by atoms with Crippen LogP contribution in [0.1, 0.15) is 6.42 Å². The van der Waals surface area contributed by atoms with E-state index in [1.54, 1.807) is 19.2 Å². The van der Waals surface area contributed by atoms with Gasteiger partial charge in [0.15, 0.2) is 0 Å². The highest BCUT2D eigenvalue weighted by atomic mass is 35.5. The van der Waals surface area contributed by atoms with Gasteiger partial charge in [-0.1, -0.05) is 11.6 Å². The molecule has 1 rings (SSSR count). The number of halogens is 1. The van der Waals surface area contributed by atoms with Crippen LogP contribution in [0.2, 0.25) is 5.02 Å². The summed E-state index contributed by atoms with van der Waals surface area (Å²) < 4.78 is 0. The largest absolute Gasteiger partial charge is 0.399 e. The summed E-state index contributed by atoms with van der Waals surface area (Å²) in [6, 6.07) is 5.33. The summed E-state index contributed by atoms with van der Waals surface area (Å²) in [6.45, 7) is 0. The Morgan fingerprint density at radius 1 is 1.60 bits per heavy atom. The Morgan fingerprint density at radius 3 is 3.00 bits per heavy atom. The van der Waals surface area contributed by atoms with E-state index in [1.807, 2.05) is 6.07 Å².